The van der Waals surface area contributed by atoms with Crippen LogP contribution in [0.2, 0.25) is 0 Å². The minimum absolute atomic E-state index is 0.282. The summed E-state index contributed by atoms with van der Waals surface area (Å²) in [5.74, 6) is 0.975. The molecule has 1 heterocycles. The Labute approximate surface area is 101 Å². The standard InChI is InChI=1S/C12H19N3S/c1-3-12(7-4-5-8-12)15-10-6-9-13-11(14-10)16-2/h6,9H,3-5,7-8H2,1-2H3,(H,13,14,15). The summed E-state index contributed by atoms with van der Waals surface area (Å²) in [7, 11) is 0. The number of hydrogen-bond donors (Lipinski definition) is 1. The molecule has 1 aliphatic rings. The molecule has 1 saturated carbocycles. The molecule has 16 heavy (non-hydrogen) atoms. The van der Waals surface area contributed by atoms with Crippen LogP contribution in [0.5, 0.6) is 0 Å². The Hall–Kier alpha value is -0.770. The summed E-state index contributed by atoms with van der Waals surface area (Å²) < 4.78 is 0. The number of nitrogens with zero attached hydrogens (tertiary/aromatic N) is 2. The minimum atomic E-state index is 0.282. The molecule has 1 fully saturated rings. The van der Waals surface area contributed by atoms with Crippen LogP contribution in [0.15, 0.2) is 17.4 Å². The van der Waals surface area contributed by atoms with Gasteiger partial charge in [0, 0.05) is 11.7 Å². The molecule has 88 valence electrons. The van der Waals surface area contributed by atoms with Crippen LogP contribution in [-0.4, -0.2) is 21.8 Å². The van der Waals surface area contributed by atoms with Crippen molar-refractivity contribution in [3.8, 4) is 0 Å². The van der Waals surface area contributed by atoms with Gasteiger partial charge in [-0.2, -0.15) is 0 Å². The maximum absolute atomic E-state index is 4.49. The zero-order valence-corrected chi connectivity index (χ0v) is 10.8. The first kappa shape index (κ1) is 11.7. The van der Waals surface area contributed by atoms with E-state index in [1.807, 2.05) is 18.5 Å². The van der Waals surface area contributed by atoms with E-state index in [1.165, 1.54) is 32.1 Å². The molecule has 4 heteroatoms. The molecular weight excluding hydrogens is 218 g/mol. The average molecular weight is 237 g/mol. The second-order valence-corrected chi connectivity index (χ2v) is 5.17. The van der Waals surface area contributed by atoms with Gasteiger partial charge in [-0.3, -0.25) is 0 Å². The van der Waals surface area contributed by atoms with Gasteiger partial charge in [-0.1, -0.05) is 31.5 Å². The van der Waals surface area contributed by atoms with E-state index in [1.54, 1.807) is 11.8 Å². The molecule has 1 aliphatic carbocycles. The fraction of sp³-hybridized carbons (Fsp3) is 0.667. The summed E-state index contributed by atoms with van der Waals surface area (Å²) in [6.07, 6.45) is 10.2. The predicted molar refractivity (Wildman–Crippen MR) is 68.9 cm³/mol. The van der Waals surface area contributed by atoms with Gasteiger partial charge in [0.1, 0.15) is 5.82 Å². The second kappa shape index (κ2) is 5.04. The van der Waals surface area contributed by atoms with Crippen LogP contribution in [-0.2, 0) is 0 Å². The van der Waals surface area contributed by atoms with Crippen LogP contribution in [0.3, 0.4) is 0 Å². The Morgan fingerprint density at radius 2 is 2.19 bits per heavy atom. The van der Waals surface area contributed by atoms with E-state index in [9.17, 15) is 0 Å². The van der Waals surface area contributed by atoms with Crippen LogP contribution in [0.25, 0.3) is 0 Å². The predicted octanol–water partition coefficient (Wildman–Crippen LogP) is 3.33. The summed E-state index contributed by atoms with van der Waals surface area (Å²) in [6.45, 7) is 2.26. The van der Waals surface area contributed by atoms with Gasteiger partial charge in [-0.05, 0) is 31.6 Å². The van der Waals surface area contributed by atoms with Gasteiger partial charge in [0.25, 0.3) is 0 Å². The highest BCUT2D eigenvalue weighted by molar-refractivity contribution is 7.98. The average Bonchev–Trinajstić information content (AvgIpc) is 2.78. The second-order valence-electron chi connectivity index (χ2n) is 4.39. The number of thioether (sulfide) groups is 1. The molecule has 0 saturated heterocycles. The van der Waals surface area contributed by atoms with E-state index in [0.717, 1.165) is 11.0 Å². The number of anilines is 1. The van der Waals surface area contributed by atoms with Crippen molar-refractivity contribution in [1.29, 1.82) is 0 Å². The molecule has 0 amide bonds. The number of rotatable bonds is 4. The van der Waals surface area contributed by atoms with E-state index in [4.69, 9.17) is 0 Å². The third-order valence-corrected chi connectivity index (χ3v) is 4.01. The lowest BCUT2D eigenvalue weighted by molar-refractivity contribution is 0.463. The lowest BCUT2D eigenvalue weighted by Crippen LogP contribution is -2.34. The van der Waals surface area contributed by atoms with Crippen molar-refractivity contribution in [2.45, 2.75) is 49.7 Å². The zero-order valence-electron chi connectivity index (χ0n) is 9.99. The summed E-state index contributed by atoms with van der Waals surface area (Å²) >= 11 is 1.59. The molecule has 1 aromatic rings. The van der Waals surface area contributed by atoms with Gasteiger partial charge in [0.2, 0.25) is 0 Å². The Morgan fingerprint density at radius 3 is 2.81 bits per heavy atom. The molecule has 2 rings (SSSR count). The van der Waals surface area contributed by atoms with E-state index in [-0.39, 0.29) is 5.54 Å². The molecule has 0 unspecified atom stereocenters. The summed E-state index contributed by atoms with van der Waals surface area (Å²) in [5.41, 5.74) is 0.282. The van der Waals surface area contributed by atoms with Crippen LogP contribution in [0, 0.1) is 0 Å². The van der Waals surface area contributed by atoms with Crippen LogP contribution < -0.4 is 5.32 Å². The fourth-order valence-corrected chi connectivity index (χ4v) is 2.76. The summed E-state index contributed by atoms with van der Waals surface area (Å²) in [4.78, 5) is 8.68. The highest BCUT2D eigenvalue weighted by atomic mass is 32.2. The van der Waals surface area contributed by atoms with Gasteiger partial charge in [-0.15, -0.1) is 0 Å². The van der Waals surface area contributed by atoms with E-state index in [0.29, 0.717) is 0 Å². The molecule has 0 aliphatic heterocycles. The number of aromatic nitrogens is 2. The van der Waals surface area contributed by atoms with Gasteiger partial charge in [-0.25, -0.2) is 9.97 Å². The molecule has 0 radical (unpaired) electrons. The van der Waals surface area contributed by atoms with E-state index < -0.39 is 0 Å². The Morgan fingerprint density at radius 1 is 1.44 bits per heavy atom. The van der Waals surface area contributed by atoms with Crippen molar-refractivity contribution in [3.05, 3.63) is 12.3 Å². The monoisotopic (exact) mass is 237 g/mol. The Balaban J connectivity index is 2.12. The summed E-state index contributed by atoms with van der Waals surface area (Å²) in [6, 6.07) is 1.97. The quantitative estimate of drug-likeness (QED) is 0.644. The minimum Gasteiger partial charge on any atom is -0.365 e. The van der Waals surface area contributed by atoms with Crippen molar-refractivity contribution in [2.75, 3.05) is 11.6 Å². The normalized spacial score (nSPS) is 18.6. The number of nitrogens with one attached hydrogen (secondary N) is 1. The molecule has 0 spiro atoms. The highest BCUT2D eigenvalue weighted by Crippen LogP contribution is 2.35. The molecular formula is C12H19N3S. The lowest BCUT2D eigenvalue weighted by atomic mass is 9.94. The van der Waals surface area contributed by atoms with Crippen molar-refractivity contribution < 1.29 is 0 Å². The van der Waals surface area contributed by atoms with Crippen molar-refractivity contribution in [3.63, 3.8) is 0 Å². The molecule has 1 N–H and O–H groups in total. The first-order chi connectivity index (χ1) is 7.78. The third kappa shape index (κ3) is 2.48. The summed E-state index contributed by atoms with van der Waals surface area (Å²) in [5, 5.41) is 4.46. The van der Waals surface area contributed by atoms with E-state index in [2.05, 4.69) is 22.2 Å². The van der Waals surface area contributed by atoms with Gasteiger partial charge in [0.15, 0.2) is 5.16 Å². The van der Waals surface area contributed by atoms with Gasteiger partial charge < -0.3 is 5.32 Å². The van der Waals surface area contributed by atoms with Gasteiger partial charge >= 0.3 is 0 Å². The van der Waals surface area contributed by atoms with Gasteiger partial charge in [0.05, 0.1) is 0 Å². The fourth-order valence-electron chi connectivity index (χ4n) is 2.40. The highest BCUT2D eigenvalue weighted by Gasteiger charge is 2.31. The van der Waals surface area contributed by atoms with Crippen molar-refractivity contribution in [1.82, 2.24) is 9.97 Å². The van der Waals surface area contributed by atoms with E-state index >= 15 is 0 Å². The van der Waals surface area contributed by atoms with Crippen LogP contribution in [0.1, 0.15) is 39.0 Å². The van der Waals surface area contributed by atoms with Crippen LogP contribution >= 0.6 is 11.8 Å². The zero-order chi connectivity index (χ0) is 11.4. The largest absolute Gasteiger partial charge is 0.365 e. The maximum Gasteiger partial charge on any atom is 0.189 e. The number of hydrogen-bond acceptors (Lipinski definition) is 4. The third-order valence-electron chi connectivity index (χ3n) is 3.45. The van der Waals surface area contributed by atoms with Crippen molar-refractivity contribution in [2.24, 2.45) is 0 Å². The Kier molecular flexibility index (Phi) is 3.69. The molecule has 0 aromatic carbocycles. The molecule has 0 atom stereocenters. The molecule has 1 aromatic heterocycles. The smallest absolute Gasteiger partial charge is 0.189 e. The first-order valence-corrected chi connectivity index (χ1v) is 7.16. The van der Waals surface area contributed by atoms with Crippen LogP contribution in [0.4, 0.5) is 5.82 Å². The van der Waals surface area contributed by atoms with Crippen molar-refractivity contribution >= 4 is 17.6 Å². The molecule has 0 bridgehead atoms. The Bertz CT molecular complexity index is 348. The first-order valence-electron chi connectivity index (χ1n) is 5.93. The molecule has 3 nitrogen and oxygen atoms in total. The lowest BCUT2D eigenvalue weighted by Gasteiger charge is -2.29. The SMILES string of the molecule is CCC1(Nc2ccnc(SC)n2)CCCC1. The maximum atomic E-state index is 4.49. The topological polar surface area (TPSA) is 37.8 Å².